The lowest BCUT2D eigenvalue weighted by atomic mass is 10.1. The van der Waals surface area contributed by atoms with Crippen LogP contribution in [0.1, 0.15) is 61.7 Å². The molecule has 0 bridgehead atoms. The van der Waals surface area contributed by atoms with E-state index in [0.717, 1.165) is 60.3 Å². The summed E-state index contributed by atoms with van der Waals surface area (Å²) < 4.78 is 11.5. The highest BCUT2D eigenvalue weighted by atomic mass is 32.1. The van der Waals surface area contributed by atoms with Crippen molar-refractivity contribution in [2.24, 2.45) is 0 Å². The van der Waals surface area contributed by atoms with E-state index in [9.17, 15) is 14.4 Å². The highest BCUT2D eigenvalue weighted by molar-refractivity contribution is 7.17. The van der Waals surface area contributed by atoms with E-state index in [1.807, 2.05) is 19.9 Å². The molecule has 2 aliphatic rings. The zero-order valence-corrected chi connectivity index (χ0v) is 19.5. The van der Waals surface area contributed by atoms with Gasteiger partial charge in [-0.2, -0.15) is 0 Å². The van der Waals surface area contributed by atoms with Gasteiger partial charge in [0.05, 0.1) is 17.1 Å². The van der Waals surface area contributed by atoms with E-state index in [4.69, 9.17) is 9.15 Å². The first-order valence-electron chi connectivity index (χ1n) is 11.3. The van der Waals surface area contributed by atoms with Gasteiger partial charge < -0.3 is 19.8 Å². The number of benzene rings is 1. The van der Waals surface area contributed by atoms with Gasteiger partial charge in [0.1, 0.15) is 10.6 Å². The first-order valence-corrected chi connectivity index (χ1v) is 12.1. The molecule has 3 heterocycles. The molecule has 5 rings (SSSR count). The molecule has 172 valence electrons. The number of hydrogen-bond acceptors (Lipinski definition) is 6. The summed E-state index contributed by atoms with van der Waals surface area (Å²) in [5.41, 5.74) is 3.47. The predicted molar refractivity (Wildman–Crippen MR) is 128 cm³/mol. The van der Waals surface area contributed by atoms with Crippen molar-refractivity contribution in [2.75, 3.05) is 18.5 Å². The quantitative estimate of drug-likeness (QED) is 0.590. The minimum absolute atomic E-state index is 0.0391. The average molecular weight is 467 g/mol. The first-order chi connectivity index (χ1) is 15.9. The molecule has 2 aromatic heterocycles. The Labute approximate surface area is 195 Å². The van der Waals surface area contributed by atoms with Crippen LogP contribution in [0.3, 0.4) is 0 Å². The molecule has 1 saturated heterocycles. The first kappa shape index (κ1) is 21.9. The summed E-state index contributed by atoms with van der Waals surface area (Å²) in [5.74, 6) is -0.810. The third-order valence-electron chi connectivity index (χ3n) is 6.53. The Hall–Kier alpha value is -2.97. The molecule has 1 aromatic carbocycles. The second-order valence-corrected chi connectivity index (χ2v) is 9.82. The molecule has 2 N–H and O–H groups in total. The summed E-state index contributed by atoms with van der Waals surface area (Å²) in [6, 6.07) is 4.79. The number of carbonyl (C=O) groups excluding carboxylic acids is 2. The smallest absolute Gasteiger partial charge is 0.292 e. The number of ether oxygens (including phenoxy) is 1. The number of aryl methyl sites for hydroxylation is 3. The molecule has 1 fully saturated rings. The number of amides is 2. The van der Waals surface area contributed by atoms with Gasteiger partial charge in [0, 0.05) is 24.1 Å². The molecule has 1 unspecified atom stereocenters. The molecule has 8 heteroatoms. The van der Waals surface area contributed by atoms with Crippen molar-refractivity contribution in [3.05, 3.63) is 61.3 Å². The van der Waals surface area contributed by atoms with Crippen LogP contribution in [0.5, 0.6) is 0 Å². The van der Waals surface area contributed by atoms with E-state index in [2.05, 4.69) is 10.6 Å². The van der Waals surface area contributed by atoms with Crippen molar-refractivity contribution in [3.8, 4) is 0 Å². The zero-order chi connectivity index (χ0) is 23.1. The minimum Gasteiger partial charge on any atom is -0.450 e. The molecule has 33 heavy (non-hydrogen) atoms. The summed E-state index contributed by atoms with van der Waals surface area (Å²) in [6.45, 7) is 4.97. The Kier molecular flexibility index (Phi) is 5.80. The van der Waals surface area contributed by atoms with Gasteiger partial charge in [0.15, 0.2) is 11.2 Å². The minimum atomic E-state index is -0.539. The molecule has 0 saturated carbocycles. The van der Waals surface area contributed by atoms with Crippen molar-refractivity contribution in [2.45, 2.75) is 52.1 Å². The maximum absolute atomic E-state index is 13.1. The SMILES string of the molecule is Cc1ccc2c(=O)cc(C(=O)Nc3sc4c(c3C(=O)NCC3CCCO3)CCC4)oc2c1C. The maximum Gasteiger partial charge on any atom is 0.292 e. The predicted octanol–water partition coefficient (Wildman–Crippen LogP) is 4.12. The van der Waals surface area contributed by atoms with Gasteiger partial charge in [0.2, 0.25) is 0 Å². The van der Waals surface area contributed by atoms with E-state index in [1.54, 1.807) is 6.07 Å². The van der Waals surface area contributed by atoms with Crippen LogP contribution in [-0.4, -0.2) is 31.1 Å². The number of rotatable bonds is 5. The molecular weight excluding hydrogens is 440 g/mol. The topological polar surface area (TPSA) is 97.6 Å². The Morgan fingerprint density at radius 1 is 1.15 bits per heavy atom. The number of hydrogen-bond donors (Lipinski definition) is 2. The Balaban J connectivity index is 1.43. The third kappa shape index (κ3) is 4.09. The lowest BCUT2D eigenvalue weighted by molar-refractivity contribution is 0.0858. The standard InChI is InChI=1S/C25H26N2O5S/c1-13-8-9-16-18(28)11-19(32-22(16)14(13)2)23(29)27-25-21(17-6-3-7-20(17)33-25)24(30)26-12-15-5-4-10-31-15/h8-9,11,15H,3-7,10,12H2,1-2H3,(H,26,30)(H,27,29). The van der Waals surface area contributed by atoms with E-state index >= 15 is 0 Å². The molecule has 7 nitrogen and oxygen atoms in total. The van der Waals surface area contributed by atoms with Gasteiger partial charge in [-0.3, -0.25) is 14.4 Å². The van der Waals surface area contributed by atoms with Gasteiger partial charge in [-0.1, -0.05) is 6.07 Å². The number of anilines is 1. The summed E-state index contributed by atoms with van der Waals surface area (Å²) in [4.78, 5) is 39.9. The van der Waals surface area contributed by atoms with Crippen molar-refractivity contribution in [3.63, 3.8) is 0 Å². The Morgan fingerprint density at radius 2 is 2.00 bits per heavy atom. The number of carbonyl (C=O) groups is 2. The number of nitrogens with one attached hydrogen (secondary N) is 2. The average Bonchev–Trinajstić information content (AvgIpc) is 3.52. The van der Waals surface area contributed by atoms with Crippen LogP contribution in [-0.2, 0) is 17.6 Å². The Bertz CT molecular complexity index is 1320. The van der Waals surface area contributed by atoms with E-state index in [0.29, 0.717) is 28.1 Å². The second kappa shape index (κ2) is 8.76. The van der Waals surface area contributed by atoms with Gasteiger partial charge in [-0.25, -0.2) is 0 Å². The fraction of sp³-hybridized carbons (Fsp3) is 0.400. The summed E-state index contributed by atoms with van der Waals surface area (Å²) >= 11 is 1.43. The summed E-state index contributed by atoms with van der Waals surface area (Å²) in [7, 11) is 0. The van der Waals surface area contributed by atoms with Crippen molar-refractivity contribution in [1.29, 1.82) is 0 Å². The van der Waals surface area contributed by atoms with Gasteiger partial charge in [-0.15, -0.1) is 11.3 Å². The van der Waals surface area contributed by atoms with Crippen LogP contribution in [0.25, 0.3) is 11.0 Å². The molecule has 0 radical (unpaired) electrons. The van der Waals surface area contributed by atoms with Gasteiger partial charge in [0.25, 0.3) is 11.8 Å². The third-order valence-corrected chi connectivity index (χ3v) is 7.74. The highest BCUT2D eigenvalue weighted by Gasteiger charge is 2.29. The fourth-order valence-electron chi connectivity index (χ4n) is 4.56. The molecule has 0 spiro atoms. The Morgan fingerprint density at radius 3 is 2.79 bits per heavy atom. The highest BCUT2D eigenvalue weighted by Crippen LogP contribution is 2.39. The molecule has 1 aliphatic carbocycles. The molecule has 1 atom stereocenters. The van der Waals surface area contributed by atoms with Crippen molar-refractivity contribution in [1.82, 2.24) is 5.32 Å². The lowest BCUT2D eigenvalue weighted by Gasteiger charge is -2.13. The van der Waals surface area contributed by atoms with Crippen LogP contribution in [0.4, 0.5) is 5.00 Å². The van der Waals surface area contributed by atoms with Crippen LogP contribution in [0.2, 0.25) is 0 Å². The fourth-order valence-corrected chi connectivity index (χ4v) is 5.84. The van der Waals surface area contributed by atoms with Crippen LogP contribution in [0, 0.1) is 13.8 Å². The monoisotopic (exact) mass is 466 g/mol. The normalized spacial score (nSPS) is 17.3. The second-order valence-electron chi connectivity index (χ2n) is 8.72. The van der Waals surface area contributed by atoms with E-state index < -0.39 is 5.91 Å². The van der Waals surface area contributed by atoms with Crippen LogP contribution in [0.15, 0.2) is 27.4 Å². The van der Waals surface area contributed by atoms with E-state index in [-0.39, 0.29) is 23.2 Å². The van der Waals surface area contributed by atoms with Crippen molar-refractivity contribution < 1.29 is 18.7 Å². The van der Waals surface area contributed by atoms with Crippen LogP contribution >= 0.6 is 11.3 Å². The van der Waals surface area contributed by atoms with Gasteiger partial charge in [-0.05, 0) is 68.7 Å². The number of thiophene rings is 1. The number of fused-ring (bicyclic) bond motifs is 2. The largest absolute Gasteiger partial charge is 0.450 e. The van der Waals surface area contributed by atoms with E-state index in [1.165, 1.54) is 17.4 Å². The maximum atomic E-state index is 13.1. The van der Waals surface area contributed by atoms with Gasteiger partial charge >= 0.3 is 0 Å². The van der Waals surface area contributed by atoms with Crippen LogP contribution < -0.4 is 16.1 Å². The molecule has 3 aromatic rings. The summed E-state index contributed by atoms with van der Waals surface area (Å²) in [5, 5.41) is 6.76. The zero-order valence-electron chi connectivity index (χ0n) is 18.7. The molecule has 1 aliphatic heterocycles. The van der Waals surface area contributed by atoms with Crippen molar-refractivity contribution >= 4 is 39.1 Å². The lowest BCUT2D eigenvalue weighted by Crippen LogP contribution is -2.32. The summed E-state index contributed by atoms with van der Waals surface area (Å²) in [6.07, 6.45) is 4.69. The molecule has 2 amide bonds. The molecular formula is C25H26N2O5S.